The normalized spacial score (nSPS) is 10.3. The van der Waals surface area contributed by atoms with Crippen molar-refractivity contribution in [1.82, 2.24) is 5.32 Å². The highest BCUT2D eigenvalue weighted by Gasteiger charge is 2.10. The van der Waals surface area contributed by atoms with Gasteiger partial charge in [0.05, 0.1) is 9.90 Å². The molecule has 0 unspecified atom stereocenters. The van der Waals surface area contributed by atoms with Crippen LogP contribution in [0.5, 0.6) is 0 Å². The summed E-state index contributed by atoms with van der Waals surface area (Å²) in [5.74, 6) is -0.133. The van der Waals surface area contributed by atoms with Crippen LogP contribution in [0.4, 0.5) is 11.4 Å². The molecule has 6 heteroatoms. The van der Waals surface area contributed by atoms with Crippen LogP contribution in [0.2, 0.25) is 4.34 Å². The average molecular weight is 310 g/mol. The maximum absolute atomic E-state index is 11.8. The van der Waals surface area contributed by atoms with Crippen LogP contribution in [0.3, 0.4) is 0 Å². The highest BCUT2D eigenvalue weighted by Crippen LogP contribution is 2.23. The predicted octanol–water partition coefficient (Wildman–Crippen LogP) is 3.00. The number of rotatable bonds is 5. The van der Waals surface area contributed by atoms with E-state index >= 15 is 0 Å². The largest absolute Gasteiger partial charge is 0.399 e. The van der Waals surface area contributed by atoms with Gasteiger partial charge in [0, 0.05) is 29.8 Å². The smallest absolute Gasteiger partial charge is 0.253 e. The molecule has 1 aromatic carbocycles. The van der Waals surface area contributed by atoms with Crippen LogP contribution in [0.1, 0.15) is 15.2 Å². The second kappa shape index (κ2) is 6.63. The van der Waals surface area contributed by atoms with Gasteiger partial charge in [-0.05, 0) is 36.8 Å². The Bertz CT molecular complexity index is 612. The molecule has 4 nitrogen and oxygen atoms in total. The Labute approximate surface area is 126 Å². The minimum Gasteiger partial charge on any atom is -0.399 e. The van der Waals surface area contributed by atoms with Gasteiger partial charge in [-0.2, -0.15) is 0 Å². The molecule has 0 radical (unpaired) electrons. The Morgan fingerprint density at radius 3 is 2.80 bits per heavy atom. The summed E-state index contributed by atoms with van der Waals surface area (Å²) in [7, 11) is 1.61. The number of nitrogen functional groups attached to an aromatic ring is 1. The number of hydrogen-bond acceptors (Lipinski definition) is 4. The van der Waals surface area contributed by atoms with Crippen molar-refractivity contribution in [2.24, 2.45) is 0 Å². The van der Waals surface area contributed by atoms with E-state index in [2.05, 4.69) is 10.6 Å². The Balaban J connectivity index is 2.04. The van der Waals surface area contributed by atoms with Crippen LogP contribution in [-0.2, 0) is 6.42 Å². The highest BCUT2D eigenvalue weighted by molar-refractivity contribution is 7.16. The van der Waals surface area contributed by atoms with Crippen molar-refractivity contribution in [3.8, 4) is 0 Å². The van der Waals surface area contributed by atoms with Crippen LogP contribution >= 0.6 is 22.9 Å². The molecule has 20 heavy (non-hydrogen) atoms. The molecule has 0 saturated heterocycles. The molecule has 1 aromatic heterocycles. The standard InChI is InChI=1S/C14H16ClN3OS/c1-17-14(19)11-4-2-9(16)8-12(11)18-7-6-10-3-5-13(15)20-10/h2-5,8,18H,6-7,16H2,1H3,(H,17,19). The Kier molecular flexibility index (Phi) is 4.87. The van der Waals surface area contributed by atoms with Gasteiger partial charge in [0.2, 0.25) is 0 Å². The number of carbonyl (C=O) groups is 1. The van der Waals surface area contributed by atoms with Gasteiger partial charge in [-0.1, -0.05) is 11.6 Å². The Morgan fingerprint density at radius 1 is 1.35 bits per heavy atom. The number of thiophene rings is 1. The van der Waals surface area contributed by atoms with Gasteiger partial charge in [0.1, 0.15) is 0 Å². The molecule has 1 amide bonds. The summed E-state index contributed by atoms with van der Waals surface area (Å²) < 4.78 is 0.787. The number of benzene rings is 1. The van der Waals surface area contributed by atoms with E-state index in [9.17, 15) is 4.79 Å². The molecule has 1 heterocycles. The van der Waals surface area contributed by atoms with Gasteiger partial charge >= 0.3 is 0 Å². The predicted molar refractivity (Wildman–Crippen MR) is 85.8 cm³/mol. The van der Waals surface area contributed by atoms with Gasteiger partial charge in [-0.3, -0.25) is 4.79 Å². The monoisotopic (exact) mass is 309 g/mol. The number of nitrogens with one attached hydrogen (secondary N) is 2. The average Bonchev–Trinajstić information content (AvgIpc) is 2.84. The van der Waals surface area contributed by atoms with Crippen molar-refractivity contribution in [2.75, 3.05) is 24.6 Å². The van der Waals surface area contributed by atoms with E-state index in [1.807, 2.05) is 12.1 Å². The zero-order chi connectivity index (χ0) is 14.5. The lowest BCUT2D eigenvalue weighted by Gasteiger charge is -2.11. The Hall–Kier alpha value is -1.72. The van der Waals surface area contributed by atoms with Gasteiger partial charge in [0.25, 0.3) is 5.91 Å². The van der Waals surface area contributed by atoms with E-state index < -0.39 is 0 Å². The second-order valence-electron chi connectivity index (χ2n) is 4.27. The fourth-order valence-corrected chi connectivity index (χ4v) is 2.93. The van der Waals surface area contributed by atoms with Crippen LogP contribution in [0.15, 0.2) is 30.3 Å². The molecule has 0 aliphatic rings. The van der Waals surface area contributed by atoms with Crippen LogP contribution in [0, 0.1) is 0 Å². The molecular weight excluding hydrogens is 294 g/mol. The van der Waals surface area contributed by atoms with Crippen molar-refractivity contribution < 1.29 is 4.79 Å². The third-order valence-corrected chi connectivity index (χ3v) is 4.12. The summed E-state index contributed by atoms with van der Waals surface area (Å²) in [6.45, 7) is 0.713. The van der Waals surface area contributed by atoms with Crippen molar-refractivity contribution in [1.29, 1.82) is 0 Å². The molecule has 2 aromatic rings. The zero-order valence-electron chi connectivity index (χ0n) is 11.1. The van der Waals surface area contributed by atoms with Crippen molar-refractivity contribution >= 4 is 40.2 Å². The van der Waals surface area contributed by atoms with Gasteiger partial charge in [-0.15, -0.1) is 11.3 Å². The van der Waals surface area contributed by atoms with Crippen LogP contribution in [0.25, 0.3) is 0 Å². The van der Waals surface area contributed by atoms with Gasteiger partial charge < -0.3 is 16.4 Å². The van der Waals surface area contributed by atoms with E-state index in [-0.39, 0.29) is 5.91 Å². The summed E-state index contributed by atoms with van der Waals surface area (Å²) in [6, 6.07) is 9.10. The maximum Gasteiger partial charge on any atom is 0.253 e. The third-order valence-electron chi connectivity index (χ3n) is 2.83. The number of carbonyl (C=O) groups excluding carboxylic acids is 1. The summed E-state index contributed by atoms with van der Waals surface area (Å²) >= 11 is 7.45. The van der Waals surface area contributed by atoms with Crippen molar-refractivity contribution in [3.63, 3.8) is 0 Å². The molecule has 0 bridgehead atoms. The zero-order valence-corrected chi connectivity index (χ0v) is 12.6. The number of halogens is 1. The first-order valence-electron chi connectivity index (χ1n) is 6.20. The lowest BCUT2D eigenvalue weighted by atomic mass is 10.1. The third kappa shape index (κ3) is 3.65. The fraction of sp³-hybridized carbons (Fsp3) is 0.214. The molecule has 2 rings (SSSR count). The first-order valence-corrected chi connectivity index (χ1v) is 7.39. The quantitative estimate of drug-likeness (QED) is 0.744. The first-order chi connectivity index (χ1) is 9.60. The van der Waals surface area contributed by atoms with Crippen molar-refractivity contribution in [2.45, 2.75) is 6.42 Å². The molecule has 0 fully saturated rings. The van der Waals surface area contributed by atoms with Crippen LogP contribution < -0.4 is 16.4 Å². The number of anilines is 2. The maximum atomic E-state index is 11.8. The van der Waals surface area contributed by atoms with E-state index in [0.717, 1.165) is 16.4 Å². The molecule has 4 N–H and O–H groups in total. The SMILES string of the molecule is CNC(=O)c1ccc(N)cc1NCCc1ccc(Cl)s1. The summed E-state index contributed by atoms with van der Waals surface area (Å²) in [5.41, 5.74) is 7.72. The minimum atomic E-state index is -0.133. The number of hydrogen-bond donors (Lipinski definition) is 3. The number of amides is 1. The fourth-order valence-electron chi connectivity index (χ4n) is 1.85. The van der Waals surface area contributed by atoms with E-state index in [1.165, 1.54) is 4.88 Å². The molecule has 0 spiro atoms. The van der Waals surface area contributed by atoms with Crippen LogP contribution in [-0.4, -0.2) is 19.5 Å². The highest BCUT2D eigenvalue weighted by atomic mass is 35.5. The molecule has 0 aliphatic heterocycles. The Morgan fingerprint density at radius 2 is 2.15 bits per heavy atom. The minimum absolute atomic E-state index is 0.133. The molecule has 0 aliphatic carbocycles. The number of nitrogens with two attached hydrogens (primary N) is 1. The summed E-state index contributed by atoms with van der Waals surface area (Å²) in [5, 5.41) is 5.87. The lowest BCUT2D eigenvalue weighted by Crippen LogP contribution is -2.20. The molecule has 0 saturated carbocycles. The van der Waals surface area contributed by atoms with E-state index in [1.54, 1.807) is 36.6 Å². The summed E-state index contributed by atoms with van der Waals surface area (Å²) in [6.07, 6.45) is 0.847. The first kappa shape index (κ1) is 14.7. The molecule has 106 valence electrons. The van der Waals surface area contributed by atoms with E-state index in [4.69, 9.17) is 17.3 Å². The topological polar surface area (TPSA) is 67.2 Å². The van der Waals surface area contributed by atoms with Crippen molar-refractivity contribution in [3.05, 3.63) is 45.1 Å². The van der Waals surface area contributed by atoms with Gasteiger partial charge in [-0.25, -0.2) is 0 Å². The lowest BCUT2D eigenvalue weighted by molar-refractivity contribution is 0.0964. The molecule has 0 atom stereocenters. The van der Waals surface area contributed by atoms with Gasteiger partial charge in [0.15, 0.2) is 0 Å². The van der Waals surface area contributed by atoms with E-state index in [0.29, 0.717) is 17.8 Å². The summed E-state index contributed by atoms with van der Waals surface area (Å²) in [4.78, 5) is 13.0. The molecular formula is C14H16ClN3OS. The second-order valence-corrected chi connectivity index (χ2v) is 6.07.